The average Bonchev–Trinajstić information content (AvgIpc) is 2.46. The van der Waals surface area contributed by atoms with Crippen molar-refractivity contribution >= 4 is 21.6 Å². The maximum Gasteiger partial charge on any atom is 0.240 e. The molecule has 1 aromatic carbocycles. The molecule has 0 aliphatic rings. The number of sulfonamides is 1. The summed E-state index contributed by atoms with van der Waals surface area (Å²) in [5, 5.41) is 0.275. The van der Waals surface area contributed by atoms with Crippen LogP contribution in [0, 0.1) is 0 Å². The van der Waals surface area contributed by atoms with Gasteiger partial charge in [-0.05, 0) is 38.2 Å². The molecule has 0 aliphatic carbocycles. The number of likely N-dealkylation sites (N-methyl/N-ethyl adjacent to an activating group) is 1. The molecule has 1 rings (SSSR count). The van der Waals surface area contributed by atoms with E-state index < -0.39 is 10.0 Å². The van der Waals surface area contributed by atoms with Crippen molar-refractivity contribution in [3.05, 3.63) is 23.2 Å². The molecular formula is C14H23ClN2O3S. The lowest BCUT2D eigenvalue weighted by atomic mass is 10.3. The Balaban J connectivity index is 2.80. The highest BCUT2D eigenvalue weighted by molar-refractivity contribution is 7.89. The van der Waals surface area contributed by atoms with E-state index in [4.69, 9.17) is 16.3 Å². The molecule has 0 saturated carbocycles. The number of nitrogens with zero attached hydrogens (tertiary/aromatic N) is 1. The van der Waals surface area contributed by atoms with Gasteiger partial charge in [-0.3, -0.25) is 4.90 Å². The fraction of sp³-hybridized carbons (Fsp3) is 0.571. The quantitative estimate of drug-likeness (QED) is 0.793. The first-order valence-corrected chi connectivity index (χ1v) is 8.79. The second-order valence-electron chi connectivity index (χ2n) is 4.72. The predicted molar refractivity (Wildman–Crippen MR) is 85.6 cm³/mol. The second-order valence-corrected chi connectivity index (χ2v) is 6.89. The van der Waals surface area contributed by atoms with Crippen LogP contribution >= 0.6 is 11.6 Å². The normalized spacial score (nSPS) is 13.4. The van der Waals surface area contributed by atoms with Crippen LogP contribution in [-0.2, 0) is 10.0 Å². The first-order chi connectivity index (χ1) is 9.85. The number of methoxy groups -OCH3 is 1. The monoisotopic (exact) mass is 334 g/mol. The molecule has 0 spiro atoms. The Morgan fingerprint density at radius 3 is 2.43 bits per heavy atom. The van der Waals surface area contributed by atoms with Crippen LogP contribution in [0.5, 0.6) is 5.75 Å². The summed E-state index contributed by atoms with van der Waals surface area (Å²) < 4.78 is 32.2. The minimum atomic E-state index is -3.57. The van der Waals surface area contributed by atoms with Crippen molar-refractivity contribution in [2.24, 2.45) is 0 Å². The van der Waals surface area contributed by atoms with E-state index in [1.807, 2.05) is 6.92 Å². The molecule has 0 aromatic heterocycles. The van der Waals surface area contributed by atoms with Crippen molar-refractivity contribution < 1.29 is 13.2 Å². The summed E-state index contributed by atoms with van der Waals surface area (Å²) in [5.74, 6) is 0.451. The zero-order valence-corrected chi connectivity index (χ0v) is 14.5. The van der Waals surface area contributed by atoms with Gasteiger partial charge < -0.3 is 4.74 Å². The summed E-state index contributed by atoms with van der Waals surface area (Å²) in [6, 6.07) is 4.55. The number of ether oxygens (including phenoxy) is 1. The molecule has 0 bridgehead atoms. The summed E-state index contributed by atoms with van der Waals surface area (Å²) in [4.78, 5) is 2.32. The summed E-state index contributed by atoms with van der Waals surface area (Å²) in [6.45, 7) is 8.22. The van der Waals surface area contributed by atoms with Crippen LogP contribution in [0.15, 0.2) is 23.1 Å². The Kier molecular flexibility index (Phi) is 6.93. The van der Waals surface area contributed by atoms with Crippen LogP contribution in [-0.4, -0.2) is 46.1 Å². The molecule has 0 saturated heterocycles. The molecule has 21 heavy (non-hydrogen) atoms. The molecule has 5 nitrogen and oxygen atoms in total. The lowest BCUT2D eigenvalue weighted by Gasteiger charge is -2.26. The first-order valence-electron chi connectivity index (χ1n) is 6.92. The van der Waals surface area contributed by atoms with Crippen molar-refractivity contribution in [3.8, 4) is 5.75 Å². The number of benzene rings is 1. The Labute approximate surface area is 132 Å². The molecule has 1 atom stereocenters. The molecular weight excluding hydrogens is 312 g/mol. The molecule has 7 heteroatoms. The average molecular weight is 335 g/mol. The summed E-state index contributed by atoms with van der Waals surface area (Å²) in [5.41, 5.74) is 0. The van der Waals surface area contributed by atoms with Gasteiger partial charge in [0.15, 0.2) is 0 Å². The SMILES string of the molecule is CCN(CC)C(C)CNS(=O)(=O)c1ccc(OC)c(Cl)c1. The van der Waals surface area contributed by atoms with Gasteiger partial charge in [-0.15, -0.1) is 0 Å². The van der Waals surface area contributed by atoms with Crippen LogP contribution in [0.25, 0.3) is 0 Å². The van der Waals surface area contributed by atoms with Gasteiger partial charge in [-0.25, -0.2) is 13.1 Å². The fourth-order valence-electron chi connectivity index (χ4n) is 2.10. The maximum atomic E-state index is 12.3. The first kappa shape index (κ1) is 18.2. The smallest absolute Gasteiger partial charge is 0.240 e. The molecule has 0 heterocycles. The molecule has 1 unspecified atom stereocenters. The second kappa shape index (κ2) is 7.98. The third kappa shape index (κ3) is 4.85. The molecule has 0 amide bonds. The number of hydrogen-bond donors (Lipinski definition) is 1. The Morgan fingerprint density at radius 2 is 1.95 bits per heavy atom. The number of rotatable bonds is 8. The molecule has 1 N–H and O–H groups in total. The van der Waals surface area contributed by atoms with E-state index in [1.165, 1.54) is 19.2 Å². The van der Waals surface area contributed by atoms with Crippen LogP contribution in [0.4, 0.5) is 0 Å². The third-order valence-corrected chi connectivity index (χ3v) is 5.15. The molecule has 120 valence electrons. The highest BCUT2D eigenvalue weighted by Gasteiger charge is 2.18. The van der Waals surface area contributed by atoms with Gasteiger partial charge in [-0.2, -0.15) is 0 Å². The van der Waals surface area contributed by atoms with Crippen molar-refractivity contribution in [2.75, 3.05) is 26.7 Å². The topological polar surface area (TPSA) is 58.6 Å². The van der Waals surface area contributed by atoms with Gasteiger partial charge in [-0.1, -0.05) is 25.4 Å². The maximum absolute atomic E-state index is 12.3. The summed E-state index contributed by atoms with van der Waals surface area (Å²) in [7, 11) is -2.08. The number of nitrogens with one attached hydrogen (secondary N) is 1. The standard InChI is InChI=1S/C14H23ClN2O3S/c1-5-17(6-2)11(3)10-16-21(18,19)12-7-8-14(20-4)13(15)9-12/h7-9,11,16H,5-6,10H2,1-4H3. The fourth-order valence-corrected chi connectivity index (χ4v) is 3.57. The minimum Gasteiger partial charge on any atom is -0.495 e. The van der Waals surface area contributed by atoms with Gasteiger partial charge >= 0.3 is 0 Å². The van der Waals surface area contributed by atoms with E-state index in [0.29, 0.717) is 12.3 Å². The van der Waals surface area contributed by atoms with Crippen molar-refractivity contribution in [3.63, 3.8) is 0 Å². The van der Waals surface area contributed by atoms with E-state index in [1.54, 1.807) is 6.07 Å². The van der Waals surface area contributed by atoms with Crippen LogP contribution < -0.4 is 9.46 Å². The molecule has 1 aromatic rings. The molecule has 0 fully saturated rings. The summed E-state index contributed by atoms with van der Waals surface area (Å²) >= 11 is 5.97. The third-order valence-electron chi connectivity index (χ3n) is 3.44. The van der Waals surface area contributed by atoms with E-state index >= 15 is 0 Å². The van der Waals surface area contributed by atoms with Crippen molar-refractivity contribution in [1.29, 1.82) is 0 Å². The zero-order valence-electron chi connectivity index (χ0n) is 12.9. The summed E-state index contributed by atoms with van der Waals surface area (Å²) in [6.07, 6.45) is 0. The highest BCUT2D eigenvalue weighted by atomic mass is 35.5. The van der Waals surface area contributed by atoms with E-state index in [-0.39, 0.29) is 16.0 Å². The Bertz CT molecular complexity index is 559. The lowest BCUT2D eigenvalue weighted by molar-refractivity contribution is 0.232. The zero-order chi connectivity index (χ0) is 16.0. The Morgan fingerprint density at radius 1 is 1.33 bits per heavy atom. The van der Waals surface area contributed by atoms with E-state index in [0.717, 1.165) is 13.1 Å². The number of halogens is 1. The highest BCUT2D eigenvalue weighted by Crippen LogP contribution is 2.26. The minimum absolute atomic E-state index is 0.128. The van der Waals surface area contributed by atoms with Gasteiger partial charge in [0.05, 0.1) is 17.0 Å². The van der Waals surface area contributed by atoms with E-state index in [2.05, 4.69) is 23.5 Å². The Hall–Kier alpha value is -0.820. The van der Waals surface area contributed by atoms with Crippen molar-refractivity contribution in [2.45, 2.75) is 31.7 Å². The van der Waals surface area contributed by atoms with Gasteiger partial charge in [0, 0.05) is 12.6 Å². The van der Waals surface area contributed by atoms with Gasteiger partial charge in [0.2, 0.25) is 10.0 Å². The van der Waals surface area contributed by atoms with Crippen LogP contribution in [0.2, 0.25) is 5.02 Å². The number of hydrogen-bond acceptors (Lipinski definition) is 4. The van der Waals surface area contributed by atoms with Crippen LogP contribution in [0.1, 0.15) is 20.8 Å². The molecule has 0 aliphatic heterocycles. The van der Waals surface area contributed by atoms with Crippen molar-refractivity contribution in [1.82, 2.24) is 9.62 Å². The lowest BCUT2D eigenvalue weighted by Crippen LogP contribution is -2.41. The van der Waals surface area contributed by atoms with E-state index in [9.17, 15) is 8.42 Å². The molecule has 0 radical (unpaired) electrons. The largest absolute Gasteiger partial charge is 0.495 e. The van der Waals surface area contributed by atoms with Gasteiger partial charge in [0.1, 0.15) is 5.75 Å². The van der Waals surface area contributed by atoms with Crippen LogP contribution in [0.3, 0.4) is 0 Å². The predicted octanol–water partition coefficient (Wildman–Crippen LogP) is 2.36. The van der Waals surface area contributed by atoms with Gasteiger partial charge in [0.25, 0.3) is 0 Å².